The molecule has 0 fully saturated rings. The average molecular weight is 220 g/mol. The summed E-state index contributed by atoms with van der Waals surface area (Å²) in [4.78, 5) is 13.6. The van der Waals surface area contributed by atoms with Crippen molar-refractivity contribution in [3.8, 4) is 0 Å². The molecule has 16 heavy (non-hydrogen) atoms. The molecule has 0 unspecified atom stereocenters. The summed E-state index contributed by atoms with van der Waals surface area (Å²) in [5, 5.41) is 3.28. The summed E-state index contributed by atoms with van der Waals surface area (Å²) in [7, 11) is 3.61. The van der Waals surface area contributed by atoms with Crippen LogP contribution in [0.5, 0.6) is 0 Å². The van der Waals surface area contributed by atoms with Crippen LogP contribution >= 0.6 is 0 Å². The lowest BCUT2D eigenvalue weighted by atomic mass is 9.90. The lowest BCUT2D eigenvalue weighted by Crippen LogP contribution is -2.38. The highest BCUT2D eigenvalue weighted by Crippen LogP contribution is 2.24. The molecule has 3 nitrogen and oxygen atoms in total. The molecule has 1 aromatic rings. The summed E-state index contributed by atoms with van der Waals surface area (Å²) in [5.41, 5.74) is 2.42. The van der Waals surface area contributed by atoms with Crippen LogP contribution in [0, 0.1) is 0 Å². The number of carbonyl (C=O) groups is 1. The van der Waals surface area contributed by atoms with E-state index in [1.54, 1.807) is 19.0 Å². The lowest BCUT2D eigenvalue weighted by molar-refractivity contribution is -0.130. The molecule has 2 rings (SSSR count). The number of carbonyl (C=O) groups excluding carboxylic acids is 1. The number of rotatable bonds is 1. The molecule has 1 N–H and O–H groups in total. The molecule has 1 aliphatic heterocycles. The zero-order chi connectivity index (χ0) is 10.8. The molecule has 1 heterocycles. The standard InChI is InChI=1S/C12H16N2O.CH4/c1-14(2)12(15)11-8-13-7-9-5-3-4-6-10(9)11;/h3-6,11,13H,7-8H2,1-2H3;1H4/t11-;/m0./s1. The van der Waals surface area contributed by atoms with Gasteiger partial charge in [-0.3, -0.25) is 4.79 Å². The van der Waals surface area contributed by atoms with Crippen molar-refractivity contribution in [3.05, 3.63) is 35.4 Å². The van der Waals surface area contributed by atoms with Crippen molar-refractivity contribution >= 4 is 5.91 Å². The fraction of sp³-hybridized carbons (Fsp3) is 0.462. The van der Waals surface area contributed by atoms with Crippen molar-refractivity contribution in [2.75, 3.05) is 20.6 Å². The van der Waals surface area contributed by atoms with Gasteiger partial charge in [0.2, 0.25) is 5.91 Å². The fourth-order valence-corrected chi connectivity index (χ4v) is 2.03. The van der Waals surface area contributed by atoms with Gasteiger partial charge in [0.1, 0.15) is 0 Å². The minimum atomic E-state index is -0.0232. The average Bonchev–Trinajstić information content (AvgIpc) is 2.27. The second kappa shape index (κ2) is 5.12. The van der Waals surface area contributed by atoms with Crippen LogP contribution in [0.2, 0.25) is 0 Å². The molecule has 0 aromatic heterocycles. The van der Waals surface area contributed by atoms with Gasteiger partial charge < -0.3 is 10.2 Å². The lowest BCUT2D eigenvalue weighted by Gasteiger charge is -2.27. The summed E-state index contributed by atoms with van der Waals surface area (Å²) >= 11 is 0. The molecule has 1 aromatic carbocycles. The van der Waals surface area contributed by atoms with Gasteiger partial charge >= 0.3 is 0 Å². The third-order valence-corrected chi connectivity index (χ3v) is 2.83. The Morgan fingerprint density at radius 2 is 2.06 bits per heavy atom. The van der Waals surface area contributed by atoms with Crippen LogP contribution in [0.25, 0.3) is 0 Å². The Balaban J connectivity index is 0.00000128. The Morgan fingerprint density at radius 1 is 1.38 bits per heavy atom. The van der Waals surface area contributed by atoms with Crippen molar-refractivity contribution in [3.63, 3.8) is 0 Å². The number of benzene rings is 1. The first-order chi connectivity index (χ1) is 7.20. The molecular formula is C13H20N2O. The number of nitrogens with zero attached hydrogens (tertiary/aromatic N) is 1. The molecule has 0 radical (unpaired) electrons. The number of fused-ring (bicyclic) bond motifs is 1. The number of likely N-dealkylation sites (N-methyl/N-ethyl adjacent to an activating group) is 1. The minimum absolute atomic E-state index is 0. The van der Waals surface area contributed by atoms with Gasteiger partial charge in [-0.05, 0) is 11.1 Å². The molecule has 1 atom stereocenters. The molecule has 0 spiro atoms. The van der Waals surface area contributed by atoms with Crippen LogP contribution in [0.3, 0.4) is 0 Å². The number of hydrogen-bond donors (Lipinski definition) is 1. The van der Waals surface area contributed by atoms with Crippen molar-refractivity contribution in [1.29, 1.82) is 0 Å². The predicted octanol–water partition coefficient (Wildman–Crippen LogP) is 1.60. The summed E-state index contributed by atoms with van der Waals surface area (Å²) in [6.07, 6.45) is 0. The van der Waals surface area contributed by atoms with Crippen LogP contribution in [0.1, 0.15) is 24.5 Å². The largest absolute Gasteiger partial charge is 0.348 e. The highest BCUT2D eigenvalue weighted by atomic mass is 16.2. The van der Waals surface area contributed by atoms with E-state index in [9.17, 15) is 4.79 Å². The van der Waals surface area contributed by atoms with Gasteiger partial charge in [0.15, 0.2) is 0 Å². The van der Waals surface area contributed by atoms with Crippen molar-refractivity contribution in [1.82, 2.24) is 10.2 Å². The van der Waals surface area contributed by atoms with E-state index in [4.69, 9.17) is 0 Å². The normalized spacial score (nSPS) is 18.2. The Hall–Kier alpha value is -1.35. The highest BCUT2D eigenvalue weighted by molar-refractivity contribution is 5.84. The van der Waals surface area contributed by atoms with E-state index in [2.05, 4.69) is 17.4 Å². The second-order valence-corrected chi connectivity index (χ2v) is 4.11. The van der Waals surface area contributed by atoms with E-state index in [1.165, 1.54) is 11.1 Å². The summed E-state index contributed by atoms with van der Waals surface area (Å²) in [6, 6.07) is 8.16. The monoisotopic (exact) mass is 220 g/mol. The fourth-order valence-electron chi connectivity index (χ4n) is 2.03. The Morgan fingerprint density at radius 3 is 2.75 bits per heavy atom. The van der Waals surface area contributed by atoms with Crippen molar-refractivity contribution < 1.29 is 4.79 Å². The van der Waals surface area contributed by atoms with Crippen LogP contribution in [-0.4, -0.2) is 31.4 Å². The molecule has 3 heteroatoms. The van der Waals surface area contributed by atoms with E-state index in [-0.39, 0.29) is 19.3 Å². The van der Waals surface area contributed by atoms with Crippen molar-refractivity contribution in [2.24, 2.45) is 0 Å². The van der Waals surface area contributed by atoms with Crippen molar-refractivity contribution in [2.45, 2.75) is 19.9 Å². The van der Waals surface area contributed by atoms with Crippen LogP contribution in [-0.2, 0) is 11.3 Å². The third-order valence-electron chi connectivity index (χ3n) is 2.83. The Kier molecular flexibility index (Phi) is 4.07. The maximum absolute atomic E-state index is 11.9. The van der Waals surface area contributed by atoms with Gasteiger partial charge in [0.25, 0.3) is 0 Å². The Labute approximate surface area is 97.5 Å². The van der Waals surface area contributed by atoms with E-state index >= 15 is 0 Å². The minimum Gasteiger partial charge on any atom is -0.348 e. The number of amides is 1. The third kappa shape index (κ3) is 2.25. The van der Waals surface area contributed by atoms with Gasteiger partial charge in [-0.25, -0.2) is 0 Å². The Bertz CT molecular complexity index is 374. The summed E-state index contributed by atoms with van der Waals surface area (Å²) in [6.45, 7) is 1.61. The van der Waals surface area contributed by atoms with Crippen LogP contribution in [0.4, 0.5) is 0 Å². The van der Waals surface area contributed by atoms with E-state index < -0.39 is 0 Å². The quantitative estimate of drug-likeness (QED) is 0.779. The first kappa shape index (κ1) is 12.7. The topological polar surface area (TPSA) is 32.3 Å². The van der Waals surface area contributed by atoms with Gasteiger partial charge in [0, 0.05) is 27.2 Å². The summed E-state index contributed by atoms with van der Waals surface area (Å²) < 4.78 is 0. The number of hydrogen-bond acceptors (Lipinski definition) is 2. The zero-order valence-corrected chi connectivity index (χ0v) is 9.16. The van der Waals surface area contributed by atoms with Gasteiger partial charge in [-0.15, -0.1) is 0 Å². The molecule has 88 valence electrons. The molecule has 0 saturated heterocycles. The second-order valence-electron chi connectivity index (χ2n) is 4.11. The molecule has 0 bridgehead atoms. The van der Waals surface area contributed by atoms with E-state index in [0.29, 0.717) is 0 Å². The highest BCUT2D eigenvalue weighted by Gasteiger charge is 2.26. The molecule has 1 amide bonds. The van der Waals surface area contributed by atoms with Gasteiger partial charge in [-0.2, -0.15) is 0 Å². The predicted molar refractivity (Wildman–Crippen MR) is 66.3 cm³/mol. The summed E-state index contributed by atoms with van der Waals surface area (Å²) in [5.74, 6) is 0.152. The zero-order valence-electron chi connectivity index (χ0n) is 9.16. The number of nitrogens with one attached hydrogen (secondary N) is 1. The first-order valence-electron chi connectivity index (χ1n) is 5.20. The van der Waals surface area contributed by atoms with Crippen LogP contribution < -0.4 is 5.32 Å². The van der Waals surface area contributed by atoms with E-state index in [0.717, 1.165) is 13.1 Å². The van der Waals surface area contributed by atoms with Gasteiger partial charge in [-0.1, -0.05) is 31.7 Å². The SMILES string of the molecule is C.CN(C)C(=O)[C@H]1CNCc2ccccc21. The molecule has 0 aliphatic carbocycles. The molecule has 0 saturated carbocycles. The molecular weight excluding hydrogens is 200 g/mol. The van der Waals surface area contributed by atoms with E-state index in [1.807, 2.05) is 12.1 Å². The maximum atomic E-state index is 11.9. The van der Waals surface area contributed by atoms with Gasteiger partial charge in [0.05, 0.1) is 5.92 Å². The first-order valence-corrected chi connectivity index (χ1v) is 5.20. The molecule has 1 aliphatic rings. The van der Waals surface area contributed by atoms with Crippen LogP contribution in [0.15, 0.2) is 24.3 Å². The maximum Gasteiger partial charge on any atom is 0.230 e. The smallest absolute Gasteiger partial charge is 0.230 e.